The van der Waals surface area contributed by atoms with Crippen LogP contribution in [0.2, 0.25) is 0 Å². The van der Waals surface area contributed by atoms with Crippen LogP contribution in [0.5, 0.6) is 11.5 Å². The topological polar surface area (TPSA) is 217 Å². The van der Waals surface area contributed by atoms with E-state index in [9.17, 15) is 10.2 Å². The van der Waals surface area contributed by atoms with Gasteiger partial charge in [-0.05, 0) is 48.2 Å². The van der Waals surface area contributed by atoms with Crippen LogP contribution in [0.4, 0.5) is 11.4 Å². The van der Waals surface area contributed by atoms with Gasteiger partial charge in [0, 0.05) is 57.8 Å². The van der Waals surface area contributed by atoms with Crippen LogP contribution in [0.15, 0.2) is 107 Å². The molecule has 0 atom stereocenters. The van der Waals surface area contributed by atoms with Gasteiger partial charge in [0.05, 0.1) is 51.0 Å². The molecule has 16 heteroatoms. The number of para-hydroxylation sites is 4. The molecule has 1 aliphatic rings. The molecule has 0 bridgehead atoms. The third-order valence-electron chi connectivity index (χ3n) is 7.87. The molecular weight excluding hydrogens is 894 g/mol. The van der Waals surface area contributed by atoms with E-state index in [0.29, 0.717) is 63.9 Å². The number of halogens is 1. The second-order valence-corrected chi connectivity index (χ2v) is 13.5. The molecule has 307 valence electrons. The molecular formula is C41H50ClN4O10Sm. The normalized spacial score (nSPS) is 15.4. The number of hydrogen-bond acceptors (Lipinski definition) is 14. The molecule has 0 aromatic heterocycles. The maximum absolute atomic E-state index is 12.2. The van der Waals surface area contributed by atoms with Gasteiger partial charge < -0.3 is 29.5 Å². The van der Waals surface area contributed by atoms with Crippen molar-refractivity contribution in [3.05, 3.63) is 119 Å². The molecule has 1 radical (unpaired) electrons. The number of ether oxygens (including phenoxy) is 3. The van der Waals surface area contributed by atoms with Crippen molar-refractivity contribution < 1.29 is 98.8 Å². The fourth-order valence-electron chi connectivity index (χ4n) is 5.21. The van der Waals surface area contributed by atoms with Gasteiger partial charge in [-0.3, -0.25) is 19.8 Å². The maximum atomic E-state index is 12.2. The summed E-state index contributed by atoms with van der Waals surface area (Å²) in [6.45, 7) is 11.1. The predicted octanol–water partition coefficient (Wildman–Crippen LogP) is 0.334. The van der Waals surface area contributed by atoms with Crippen molar-refractivity contribution in [2.24, 2.45) is 9.98 Å². The Morgan fingerprint density at radius 2 is 0.877 bits per heavy atom. The molecule has 1 heterocycles. The first kappa shape index (κ1) is 50.2. The van der Waals surface area contributed by atoms with Gasteiger partial charge in [-0.15, -0.1) is 21.7 Å². The first-order valence-electron chi connectivity index (χ1n) is 18.1. The van der Waals surface area contributed by atoms with Crippen molar-refractivity contribution in [2.75, 3.05) is 65.8 Å². The van der Waals surface area contributed by atoms with Crippen molar-refractivity contribution in [2.45, 2.75) is 33.0 Å². The molecule has 1 fully saturated rings. The average Bonchev–Trinajstić information content (AvgIpc) is 3.15. The van der Waals surface area contributed by atoms with Crippen LogP contribution >= 0.6 is 0 Å². The zero-order chi connectivity index (χ0) is 40.6. The summed E-state index contributed by atoms with van der Waals surface area (Å²) in [5.74, 6) is -0.0910. The Bertz CT molecular complexity index is 1640. The van der Waals surface area contributed by atoms with Crippen LogP contribution in [-0.4, -0.2) is 99.3 Å². The van der Waals surface area contributed by atoms with Gasteiger partial charge >= 0.3 is 40.4 Å². The molecule has 1 saturated heterocycles. The van der Waals surface area contributed by atoms with Crippen LogP contribution in [0.1, 0.15) is 36.1 Å². The van der Waals surface area contributed by atoms with Crippen molar-refractivity contribution in [3.63, 3.8) is 0 Å². The van der Waals surface area contributed by atoms with Crippen molar-refractivity contribution in [1.82, 2.24) is 9.80 Å². The monoisotopic (exact) mass is 945 g/mol. The summed E-state index contributed by atoms with van der Waals surface area (Å²) in [6.07, 6.45) is 3.11. The van der Waals surface area contributed by atoms with Crippen LogP contribution in [0, 0.1) is 50.6 Å². The Morgan fingerprint density at radius 1 is 0.579 bits per heavy atom. The molecule has 1 aliphatic heterocycles. The Kier molecular flexibility index (Phi) is 25.1. The van der Waals surface area contributed by atoms with E-state index in [1.165, 1.54) is 0 Å². The van der Waals surface area contributed by atoms with Crippen LogP contribution < -0.4 is 28.8 Å². The largest absolute Gasteiger partial charge is 3.00 e. The van der Waals surface area contributed by atoms with E-state index in [1.807, 2.05) is 48.5 Å². The molecule has 0 aliphatic carbocycles. The number of rotatable bonds is 8. The molecule has 14 nitrogen and oxygen atoms in total. The number of aliphatic hydroxyl groups is 1. The van der Waals surface area contributed by atoms with E-state index < -0.39 is 10.2 Å². The molecule has 0 spiro atoms. The Hall–Kier alpha value is -2.95. The first-order chi connectivity index (χ1) is 26.9. The van der Waals surface area contributed by atoms with Gasteiger partial charge in [0.2, 0.25) is 0 Å². The number of benzene rings is 4. The van der Waals surface area contributed by atoms with Crippen molar-refractivity contribution >= 4 is 23.8 Å². The van der Waals surface area contributed by atoms with E-state index >= 15 is 0 Å². The molecule has 4 aromatic carbocycles. The summed E-state index contributed by atoms with van der Waals surface area (Å²) in [7, 11) is -4.94. The summed E-state index contributed by atoms with van der Waals surface area (Å²) >= 11 is 0. The second-order valence-electron chi connectivity index (χ2n) is 12.7. The molecule has 4 aromatic rings. The minimum Gasteiger partial charge on any atom is -0.872 e. The van der Waals surface area contributed by atoms with E-state index in [2.05, 4.69) is 31.9 Å². The zero-order valence-corrected chi connectivity index (χ0v) is 35.5. The van der Waals surface area contributed by atoms with Crippen molar-refractivity contribution in [3.8, 4) is 11.5 Å². The molecule has 0 unspecified atom stereocenters. The van der Waals surface area contributed by atoms with E-state index in [4.69, 9.17) is 38.0 Å². The Labute approximate surface area is 369 Å². The van der Waals surface area contributed by atoms with Crippen molar-refractivity contribution in [1.29, 1.82) is 0 Å². The van der Waals surface area contributed by atoms with E-state index in [1.54, 1.807) is 62.7 Å². The van der Waals surface area contributed by atoms with Crippen LogP contribution in [0.25, 0.3) is 0 Å². The number of nitrogens with zero attached hydrogens (tertiary/aromatic N) is 4. The maximum Gasteiger partial charge on any atom is 3.00 e. The van der Waals surface area contributed by atoms with Gasteiger partial charge in [0.1, 0.15) is 0 Å². The van der Waals surface area contributed by atoms with Gasteiger partial charge in [-0.2, -0.15) is 0 Å². The molecule has 57 heavy (non-hydrogen) atoms. The van der Waals surface area contributed by atoms with Gasteiger partial charge in [-0.25, -0.2) is 18.6 Å². The molecule has 5 rings (SSSR count). The van der Waals surface area contributed by atoms with E-state index in [0.717, 1.165) is 48.7 Å². The summed E-state index contributed by atoms with van der Waals surface area (Å²) in [5.41, 5.74) is 4.93. The Balaban J connectivity index is 0.00000101. The van der Waals surface area contributed by atoms with Gasteiger partial charge in [0.15, 0.2) is 0 Å². The summed E-state index contributed by atoms with van der Waals surface area (Å²) < 4.78 is 51.9. The summed E-state index contributed by atoms with van der Waals surface area (Å²) in [4.78, 5) is 13.9. The quantitative estimate of drug-likeness (QED) is 0.237. The molecule has 0 saturated carbocycles. The number of hydrogen-bond donors (Lipinski definition) is 1. The fourth-order valence-corrected chi connectivity index (χ4v) is 5.21. The SMILES string of the molecule is CC(C)O.[O-][Cl+3]([O-])([O-])[O-].[O-]c1ccccc1C=Nc1ccccc1CN1CCOCCOCCN(Cc2ccccc2N=Cc2ccccc2[O-])CCOCC1.[Sm+3]. The predicted molar refractivity (Wildman–Crippen MR) is 200 cm³/mol. The number of aliphatic imine (C=N–C) groups is 2. The Morgan fingerprint density at radius 3 is 1.23 bits per heavy atom. The van der Waals surface area contributed by atoms with E-state index in [-0.39, 0.29) is 58.0 Å². The minimum atomic E-state index is -4.94. The minimum absolute atomic E-state index is 0. The smallest absolute Gasteiger partial charge is 0.872 e. The third kappa shape index (κ3) is 22.7. The first-order valence-corrected chi connectivity index (χ1v) is 19.4. The second kappa shape index (κ2) is 28.5. The fraction of sp³-hybridized carbons (Fsp3) is 0.366. The third-order valence-corrected chi connectivity index (χ3v) is 7.87. The molecule has 0 amide bonds. The van der Waals surface area contributed by atoms with Gasteiger partial charge in [-0.1, -0.05) is 84.9 Å². The summed E-state index contributed by atoms with van der Waals surface area (Å²) in [6, 6.07) is 29.8. The van der Waals surface area contributed by atoms with Crippen LogP contribution in [0.3, 0.4) is 0 Å². The zero-order valence-electron chi connectivity index (χ0n) is 32.2. The summed E-state index contributed by atoms with van der Waals surface area (Å²) in [5, 5.41) is 32.4. The average molecular weight is 945 g/mol. The van der Waals surface area contributed by atoms with Gasteiger partial charge in [0.25, 0.3) is 0 Å². The standard InChI is InChI=1S/C38H44N4O5.C3H8O.ClHO4.Sm/c43-37-15-7-3-9-31(37)27-39-35-13-5-1-11-33(35)29-41-17-21-45-22-18-42(20-24-47-26-25-46-23-19-41)30-34-12-2-6-14-36(34)40-28-32-10-4-8-16-38(32)44;1-3(2)4;2-1(3,4)5;/h1-16,27-28,43-44H,17-26,29-30H2;3-4H,1-2H3;(H,2,3,4,5);/q;;;+3/p-3. The van der Waals surface area contributed by atoms with Crippen LogP contribution in [-0.2, 0) is 27.3 Å². The number of aliphatic hydroxyl groups excluding tert-OH is 1. The molecule has 1 N–H and O–H groups in total.